The van der Waals surface area contributed by atoms with Crippen molar-refractivity contribution in [2.75, 3.05) is 13.1 Å². The van der Waals surface area contributed by atoms with Crippen LogP contribution in [0.2, 0.25) is 0 Å². The van der Waals surface area contributed by atoms with Crippen molar-refractivity contribution >= 4 is 55.5 Å². The Morgan fingerprint density at radius 1 is 1.08 bits per heavy atom. The molecule has 0 aliphatic carbocycles. The highest BCUT2D eigenvalue weighted by molar-refractivity contribution is 9.11. The van der Waals surface area contributed by atoms with E-state index in [2.05, 4.69) is 37.2 Å². The Balaban J connectivity index is 2.01. The van der Waals surface area contributed by atoms with Crippen molar-refractivity contribution in [1.82, 2.24) is 15.1 Å². The van der Waals surface area contributed by atoms with Crippen LogP contribution < -0.4 is 16.8 Å². The Bertz CT molecular complexity index is 1070. The highest BCUT2D eigenvalue weighted by atomic mass is 79.9. The van der Waals surface area contributed by atoms with Gasteiger partial charge in [0, 0.05) is 28.5 Å². The van der Waals surface area contributed by atoms with Gasteiger partial charge in [-0.1, -0.05) is 31.9 Å². The Morgan fingerprint density at radius 2 is 1.71 bits per heavy atom. The van der Waals surface area contributed by atoms with Gasteiger partial charge in [0.05, 0.1) is 12.2 Å². The summed E-state index contributed by atoms with van der Waals surface area (Å²) in [4.78, 5) is 55.8. The maximum atomic E-state index is 14.0. The number of nitrogens with zero attached hydrogens (tertiary/aromatic N) is 2. The molecule has 2 saturated heterocycles. The molecule has 2 fully saturated rings. The molecule has 6 atom stereocenters. The summed E-state index contributed by atoms with van der Waals surface area (Å²) >= 11 is 6.92. The summed E-state index contributed by atoms with van der Waals surface area (Å²) in [5.74, 6) is -2.43. The van der Waals surface area contributed by atoms with Gasteiger partial charge in [0.2, 0.25) is 23.6 Å². The van der Waals surface area contributed by atoms with E-state index in [0.717, 1.165) is 14.5 Å². The average Bonchev–Trinajstić information content (AvgIpc) is 3.48. The van der Waals surface area contributed by atoms with E-state index >= 15 is 0 Å². The van der Waals surface area contributed by atoms with Crippen LogP contribution in [0.25, 0.3) is 0 Å². The molecule has 1 aromatic rings. The number of nitrogens with two attached hydrogens (primary N) is 2. The Labute approximate surface area is 238 Å². The molecule has 38 heavy (non-hydrogen) atoms. The summed E-state index contributed by atoms with van der Waals surface area (Å²) in [6.45, 7) is 3.34. The summed E-state index contributed by atoms with van der Waals surface area (Å²) in [6.07, 6.45) is -0.425. The molecule has 1 aromatic carbocycles. The van der Waals surface area contributed by atoms with Crippen molar-refractivity contribution in [2.24, 2.45) is 11.5 Å². The van der Waals surface area contributed by atoms with Crippen LogP contribution in [0.3, 0.4) is 0 Å². The zero-order valence-corrected chi connectivity index (χ0v) is 24.6. The van der Waals surface area contributed by atoms with E-state index in [-0.39, 0.29) is 13.0 Å². The molecule has 0 aromatic heterocycles. The maximum Gasteiger partial charge on any atom is 0.247 e. The van der Waals surface area contributed by atoms with Crippen molar-refractivity contribution in [3.05, 3.63) is 32.7 Å². The molecule has 11 nitrogen and oxygen atoms in total. The molecular formula is C25H35Br2N5O6. The minimum Gasteiger partial charge on any atom is -0.391 e. The van der Waals surface area contributed by atoms with Crippen LogP contribution >= 0.6 is 31.9 Å². The number of rotatable bonds is 9. The predicted molar refractivity (Wildman–Crippen MR) is 146 cm³/mol. The molecule has 2 aliphatic heterocycles. The summed E-state index contributed by atoms with van der Waals surface area (Å²) in [7, 11) is 0. The smallest absolute Gasteiger partial charge is 0.247 e. The van der Waals surface area contributed by atoms with Gasteiger partial charge in [-0.05, 0) is 63.3 Å². The van der Waals surface area contributed by atoms with Crippen LogP contribution in [0.1, 0.15) is 45.1 Å². The van der Waals surface area contributed by atoms with Crippen LogP contribution in [0, 0.1) is 0 Å². The minimum absolute atomic E-state index is 0.127. The van der Waals surface area contributed by atoms with E-state index in [9.17, 15) is 29.4 Å². The van der Waals surface area contributed by atoms with Gasteiger partial charge < -0.3 is 36.8 Å². The molecule has 4 amide bonds. The van der Waals surface area contributed by atoms with Crippen LogP contribution in [-0.2, 0) is 25.6 Å². The second kappa shape index (κ2) is 12.4. The van der Waals surface area contributed by atoms with Crippen molar-refractivity contribution in [1.29, 1.82) is 0 Å². The number of carbonyl (C=O) groups is 4. The van der Waals surface area contributed by atoms with Crippen LogP contribution in [-0.4, -0.2) is 92.6 Å². The zero-order chi connectivity index (χ0) is 28.4. The molecule has 3 rings (SSSR count). The lowest BCUT2D eigenvalue weighted by molar-refractivity contribution is -0.152. The van der Waals surface area contributed by atoms with Crippen molar-refractivity contribution < 1.29 is 29.4 Å². The van der Waals surface area contributed by atoms with Crippen LogP contribution in [0.4, 0.5) is 0 Å². The molecule has 13 heteroatoms. The fourth-order valence-corrected chi connectivity index (χ4v) is 6.71. The number of likely N-dealkylation sites (tertiary alicyclic amines) is 2. The number of hydrogen-bond donors (Lipinski definition) is 5. The number of benzene rings is 1. The monoisotopic (exact) mass is 659 g/mol. The number of aliphatic hydroxyl groups is 2. The number of hydrogen-bond acceptors (Lipinski definition) is 7. The van der Waals surface area contributed by atoms with Crippen LogP contribution in [0.15, 0.2) is 27.1 Å². The Morgan fingerprint density at radius 3 is 2.26 bits per heavy atom. The van der Waals surface area contributed by atoms with Crippen molar-refractivity contribution in [3.63, 3.8) is 0 Å². The first kappa shape index (κ1) is 30.5. The number of carbonyl (C=O) groups excluding carboxylic acids is 4. The highest BCUT2D eigenvalue weighted by Gasteiger charge is 2.53. The largest absolute Gasteiger partial charge is 0.391 e. The summed E-state index contributed by atoms with van der Waals surface area (Å²) in [5.41, 5.74) is 10.7. The van der Waals surface area contributed by atoms with Gasteiger partial charge in [0.25, 0.3) is 0 Å². The third-order valence-electron chi connectivity index (χ3n) is 7.30. The molecular weight excluding hydrogens is 626 g/mol. The van der Waals surface area contributed by atoms with Crippen molar-refractivity contribution in [2.45, 2.75) is 81.8 Å². The number of aliphatic hydroxyl groups excluding tert-OH is 2. The molecule has 2 aliphatic rings. The van der Waals surface area contributed by atoms with Gasteiger partial charge in [0.15, 0.2) is 0 Å². The van der Waals surface area contributed by atoms with Gasteiger partial charge >= 0.3 is 0 Å². The molecule has 0 radical (unpaired) electrons. The van der Waals surface area contributed by atoms with Crippen LogP contribution in [0.5, 0.6) is 0 Å². The molecule has 2 heterocycles. The second-order valence-electron chi connectivity index (χ2n) is 10.1. The third-order valence-corrected chi connectivity index (χ3v) is 8.21. The third kappa shape index (κ3) is 6.39. The highest BCUT2D eigenvalue weighted by Crippen LogP contribution is 2.37. The second-order valence-corrected chi connectivity index (χ2v) is 12.0. The predicted octanol–water partition coefficient (Wildman–Crippen LogP) is 0.165. The fourth-order valence-electron chi connectivity index (χ4n) is 5.32. The lowest BCUT2D eigenvalue weighted by Crippen LogP contribution is -2.65. The Kier molecular flexibility index (Phi) is 9.96. The quantitative estimate of drug-likeness (QED) is 0.250. The van der Waals surface area contributed by atoms with E-state index in [0.29, 0.717) is 32.2 Å². The van der Waals surface area contributed by atoms with Gasteiger partial charge in [-0.15, -0.1) is 0 Å². The number of amides is 4. The summed E-state index contributed by atoms with van der Waals surface area (Å²) in [5, 5.41) is 22.5. The van der Waals surface area contributed by atoms with Gasteiger partial charge in [-0.2, -0.15) is 0 Å². The molecule has 0 unspecified atom stereocenters. The maximum absolute atomic E-state index is 14.0. The topological polar surface area (TPSA) is 179 Å². The summed E-state index contributed by atoms with van der Waals surface area (Å²) in [6, 6.07) is 2.17. The zero-order valence-electron chi connectivity index (χ0n) is 21.4. The van der Waals surface area contributed by atoms with Crippen molar-refractivity contribution in [3.8, 4) is 0 Å². The standard InChI is InChI=1S/C25H35Br2N5O6/c1-13(33)19(28)23(37)31-7-3-5-18(31)22(36)32-8-4-6-25(32,12-15-9-16(26)11-17(27)10-15)24(38)30-20(14(2)34)21(29)35/h9-11,13-14,18-20,33-34H,3-8,12,28H2,1-2H3,(H2,29,35)(H,30,38)/t13-,14-,18+,19+,20+,25+/m1/s1. The average molecular weight is 661 g/mol. The van der Waals surface area contributed by atoms with E-state index in [1.165, 1.54) is 23.6 Å². The molecule has 7 N–H and O–H groups in total. The van der Waals surface area contributed by atoms with Gasteiger partial charge in [-0.3, -0.25) is 19.2 Å². The number of primary amides is 1. The minimum atomic E-state index is -1.40. The normalized spacial score (nSPS) is 24.6. The number of halogens is 2. The fraction of sp³-hybridized carbons (Fsp3) is 0.600. The molecule has 210 valence electrons. The first-order chi connectivity index (χ1) is 17.8. The van der Waals surface area contributed by atoms with Gasteiger partial charge in [0.1, 0.15) is 23.7 Å². The van der Waals surface area contributed by atoms with E-state index in [4.69, 9.17) is 11.5 Å². The molecule has 0 spiro atoms. The lowest BCUT2D eigenvalue weighted by Gasteiger charge is -2.41. The number of nitrogens with one attached hydrogen (secondary N) is 1. The van der Waals surface area contributed by atoms with E-state index in [1.807, 2.05) is 18.2 Å². The molecule has 0 saturated carbocycles. The molecule has 0 bridgehead atoms. The summed E-state index contributed by atoms with van der Waals surface area (Å²) < 4.78 is 1.54. The Hall–Kier alpha value is -2.06. The first-order valence-corrected chi connectivity index (χ1v) is 14.2. The van der Waals surface area contributed by atoms with E-state index in [1.54, 1.807) is 0 Å². The van der Waals surface area contributed by atoms with Gasteiger partial charge in [-0.25, -0.2) is 0 Å². The SMILES string of the molecule is C[C@@H](O)[C@H](N)C(=O)N1CCC[C@H]1C(=O)N1CCC[C@]1(Cc1cc(Br)cc(Br)c1)C(=O)N[C@H](C(N)=O)[C@@H](C)O. The lowest BCUT2D eigenvalue weighted by atomic mass is 9.86. The first-order valence-electron chi connectivity index (χ1n) is 12.6. The van der Waals surface area contributed by atoms with E-state index < -0.39 is 59.5 Å².